The van der Waals surface area contributed by atoms with Crippen LogP contribution < -0.4 is 10.6 Å². The van der Waals surface area contributed by atoms with Gasteiger partial charge in [0, 0.05) is 25.3 Å². The van der Waals surface area contributed by atoms with Gasteiger partial charge >= 0.3 is 0 Å². The minimum absolute atomic E-state index is 0.0147. The van der Waals surface area contributed by atoms with E-state index < -0.39 is 0 Å². The van der Waals surface area contributed by atoms with Crippen molar-refractivity contribution in [3.63, 3.8) is 0 Å². The number of hydrogen-bond donors (Lipinski definition) is 2. The number of amides is 2. The molecule has 0 spiro atoms. The number of likely N-dealkylation sites (tertiary alicyclic amines) is 1. The number of hydrogen-bond acceptors (Lipinski definition) is 4. The Labute approximate surface area is 160 Å². The highest BCUT2D eigenvalue weighted by atomic mass is 16.2. The molecule has 4 rings (SSSR count). The van der Waals surface area contributed by atoms with E-state index in [0.29, 0.717) is 23.4 Å². The number of rotatable bonds is 4. The Bertz CT molecular complexity index is 653. The van der Waals surface area contributed by atoms with E-state index in [1.807, 2.05) is 4.90 Å². The van der Waals surface area contributed by atoms with Gasteiger partial charge in [-0.2, -0.15) is 5.10 Å². The van der Waals surface area contributed by atoms with E-state index in [1.165, 1.54) is 19.3 Å². The average molecular weight is 374 g/mol. The zero-order valence-corrected chi connectivity index (χ0v) is 16.0. The second kappa shape index (κ2) is 8.42. The molecule has 0 bridgehead atoms. The van der Waals surface area contributed by atoms with Crippen LogP contribution in [0.5, 0.6) is 0 Å². The lowest BCUT2D eigenvalue weighted by Gasteiger charge is -2.22. The maximum Gasteiger partial charge on any atom is 0.257 e. The summed E-state index contributed by atoms with van der Waals surface area (Å²) >= 11 is 0. The fourth-order valence-electron chi connectivity index (χ4n) is 4.83. The molecule has 1 aliphatic carbocycles. The van der Waals surface area contributed by atoms with Crippen molar-refractivity contribution in [3.8, 4) is 0 Å². The molecule has 2 N–H and O–H groups in total. The summed E-state index contributed by atoms with van der Waals surface area (Å²) in [7, 11) is 0. The lowest BCUT2D eigenvalue weighted by molar-refractivity contribution is -0.122. The van der Waals surface area contributed by atoms with Gasteiger partial charge in [-0.25, -0.2) is 0 Å². The van der Waals surface area contributed by atoms with Crippen molar-refractivity contribution in [3.05, 3.63) is 18.0 Å². The summed E-state index contributed by atoms with van der Waals surface area (Å²) in [6, 6.07) is 0.300. The molecule has 3 heterocycles. The Balaban J connectivity index is 1.30. The summed E-state index contributed by atoms with van der Waals surface area (Å²) < 4.78 is 1.59. The van der Waals surface area contributed by atoms with Gasteiger partial charge in [-0.3, -0.25) is 14.3 Å². The van der Waals surface area contributed by atoms with Crippen LogP contribution in [0.2, 0.25) is 0 Å². The minimum Gasteiger partial charge on any atom is -0.352 e. The quantitative estimate of drug-likeness (QED) is 0.836. The van der Waals surface area contributed by atoms with Crippen molar-refractivity contribution in [1.82, 2.24) is 25.3 Å². The third-order valence-electron chi connectivity index (χ3n) is 6.46. The molecule has 2 atom stereocenters. The van der Waals surface area contributed by atoms with Crippen LogP contribution in [-0.2, 0) is 11.3 Å². The molecule has 2 aliphatic heterocycles. The van der Waals surface area contributed by atoms with Crippen molar-refractivity contribution in [2.24, 2.45) is 11.8 Å². The van der Waals surface area contributed by atoms with E-state index in [0.717, 1.165) is 51.9 Å². The number of aromatic nitrogens is 2. The van der Waals surface area contributed by atoms with Gasteiger partial charge in [0.1, 0.15) is 6.54 Å². The van der Waals surface area contributed by atoms with Crippen LogP contribution in [0.15, 0.2) is 12.4 Å². The molecule has 148 valence electrons. The molecule has 1 aromatic rings. The first kappa shape index (κ1) is 18.5. The van der Waals surface area contributed by atoms with E-state index in [4.69, 9.17) is 0 Å². The highest BCUT2D eigenvalue weighted by Crippen LogP contribution is 2.27. The SMILES string of the molecule is O=C(Cn1cc(C(=O)N2CC[C@@H]3CNC[C@@H]3CC2)cn1)NC1CCCCC1. The molecule has 7 heteroatoms. The van der Waals surface area contributed by atoms with Gasteiger partial charge in [0.2, 0.25) is 5.91 Å². The second-order valence-corrected chi connectivity index (χ2v) is 8.38. The Morgan fingerprint density at radius 2 is 1.78 bits per heavy atom. The fourth-order valence-corrected chi connectivity index (χ4v) is 4.83. The first-order chi connectivity index (χ1) is 13.2. The summed E-state index contributed by atoms with van der Waals surface area (Å²) in [6.45, 7) is 3.98. The molecule has 0 unspecified atom stereocenters. The van der Waals surface area contributed by atoms with Crippen molar-refractivity contribution in [1.29, 1.82) is 0 Å². The summed E-state index contributed by atoms with van der Waals surface area (Å²) in [5, 5.41) is 10.8. The summed E-state index contributed by atoms with van der Waals surface area (Å²) in [5.74, 6) is 1.43. The highest BCUT2D eigenvalue weighted by Gasteiger charge is 2.32. The normalized spacial score (nSPS) is 26.4. The monoisotopic (exact) mass is 373 g/mol. The van der Waals surface area contributed by atoms with Crippen LogP contribution in [0.3, 0.4) is 0 Å². The topological polar surface area (TPSA) is 79.3 Å². The van der Waals surface area contributed by atoms with Crippen molar-refractivity contribution < 1.29 is 9.59 Å². The van der Waals surface area contributed by atoms with E-state index >= 15 is 0 Å². The van der Waals surface area contributed by atoms with Crippen LogP contribution >= 0.6 is 0 Å². The molecule has 7 nitrogen and oxygen atoms in total. The van der Waals surface area contributed by atoms with Crippen LogP contribution in [0.1, 0.15) is 55.3 Å². The van der Waals surface area contributed by atoms with Crippen LogP contribution in [-0.4, -0.2) is 58.7 Å². The zero-order chi connectivity index (χ0) is 18.6. The molecule has 3 aliphatic rings. The second-order valence-electron chi connectivity index (χ2n) is 8.38. The predicted molar refractivity (Wildman–Crippen MR) is 102 cm³/mol. The molecule has 2 amide bonds. The van der Waals surface area contributed by atoms with Crippen LogP contribution in [0.25, 0.3) is 0 Å². The Morgan fingerprint density at radius 1 is 1.07 bits per heavy atom. The van der Waals surface area contributed by atoms with Crippen molar-refractivity contribution in [2.75, 3.05) is 26.2 Å². The fraction of sp³-hybridized carbons (Fsp3) is 0.750. The number of carbonyl (C=O) groups excluding carboxylic acids is 2. The molecular formula is C20H31N5O2. The molecule has 0 aromatic carbocycles. The largest absolute Gasteiger partial charge is 0.352 e. The predicted octanol–water partition coefficient (Wildman–Crippen LogP) is 1.40. The smallest absolute Gasteiger partial charge is 0.257 e. The molecular weight excluding hydrogens is 342 g/mol. The first-order valence-electron chi connectivity index (χ1n) is 10.5. The lowest BCUT2D eigenvalue weighted by atomic mass is 9.92. The third kappa shape index (κ3) is 4.51. The number of fused-ring (bicyclic) bond motifs is 1. The van der Waals surface area contributed by atoms with Gasteiger partial charge in [0.25, 0.3) is 5.91 Å². The Hall–Kier alpha value is -1.89. The van der Waals surface area contributed by atoms with Gasteiger partial charge in [-0.1, -0.05) is 19.3 Å². The molecule has 1 aromatic heterocycles. The van der Waals surface area contributed by atoms with Crippen LogP contribution in [0, 0.1) is 11.8 Å². The third-order valence-corrected chi connectivity index (χ3v) is 6.46. The lowest BCUT2D eigenvalue weighted by Crippen LogP contribution is -2.38. The molecule has 0 radical (unpaired) electrons. The maximum absolute atomic E-state index is 12.8. The summed E-state index contributed by atoms with van der Waals surface area (Å²) in [6.07, 6.45) is 11.3. The van der Waals surface area contributed by atoms with Crippen molar-refractivity contribution in [2.45, 2.75) is 57.5 Å². The minimum atomic E-state index is -0.0147. The zero-order valence-electron chi connectivity index (χ0n) is 16.0. The summed E-state index contributed by atoms with van der Waals surface area (Å²) in [4.78, 5) is 27.1. The van der Waals surface area contributed by atoms with E-state index in [2.05, 4.69) is 15.7 Å². The van der Waals surface area contributed by atoms with Gasteiger partial charge in [0.15, 0.2) is 0 Å². The number of nitrogens with zero attached hydrogens (tertiary/aromatic N) is 3. The standard InChI is InChI=1S/C20H31N5O2/c26-19(23-18-4-2-1-3-5-18)14-25-13-17(12-22-25)20(27)24-8-6-15-10-21-11-16(15)7-9-24/h12-13,15-16,18,21H,1-11,14H2,(H,23,26)/t15-,16+. The van der Waals surface area contributed by atoms with Gasteiger partial charge in [-0.15, -0.1) is 0 Å². The van der Waals surface area contributed by atoms with Crippen molar-refractivity contribution >= 4 is 11.8 Å². The summed E-state index contributed by atoms with van der Waals surface area (Å²) in [5.41, 5.74) is 0.589. The van der Waals surface area contributed by atoms with E-state index in [1.54, 1.807) is 17.1 Å². The first-order valence-corrected chi connectivity index (χ1v) is 10.5. The number of nitrogens with one attached hydrogen (secondary N) is 2. The van der Waals surface area contributed by atoms with Crippen LogP contribution in [0.4, 0.5) is 0 Å². The molecule has 1 saturated carbocycles. The molecule has 2 saturated heterocycles. The highest BCUT2D eigenvalue weighted by molar-refractivity contribution is 5.93. The van der Waals surface area contributed by atoms with E-state index in [9.17, 15) is 9.59 Å². The van der Waals surface area contributed by atoms with Gasteiger partial charge in [-0.05, 0) is 50.6 Å². The number of carbonyl (C=O) groups is 2. The van der Waals surface area contributed by atoms with Gasteiger partial charge < -0.3 is 15.5 Å². The molecule has 3 fully saturated rings. The molecule has 27 heavy (non-hydrogen) atoms. The average Bonchev–Trinajstić information content (AvgIpc) is 3.27. The van der Waals surface area contributed by atoms with Gasteiger partial charge in [0.05, 0.1) is 11.8 Å². The van der Waals surface area contributed by atoms with E-state index in [-0.39, 0.29) is 18.4 Å². The maximum atomic E-state index is 12.8. The Morgan fingerprint density at radius 3 is 2.48 bits per heavy atom. The Kier molecular flexibility index (Phi) is 5.76.